The zero-order valence-corrected chi connectivity index (χ0v) is 10.3. The van der Waals surface area contributed by atoms with Crippen molar-refractivity contribution < 1.29 is 14.6 Å². The molecule has 0 bridgehead atoms. The van der Waals surface area contributed by atoms with Crippen LogP contribution in [0, 0.1) is 0 Å². The molecule has 0 fully saturated rings. The summed E-state index contributed by atoms with van der Waals surface area (Å²) in [5.74, 6) is -0.797. The van der Waals surface area contributed by atoms with Crippen LogP contribution in [-0.2, 0) is 0 Å². The van der Waals surface area contributed by atoms with E-state index in [1.807, 2.05) is 6.07 Å². The van der Waals surface area contributed by atoms with Crippen LogP contribution in [0.15, 0.2) is 36.4 Å². The molecule has 0 aliphatic rings. The normalized spacial score (nSPS) is 10.1. The number of carbonyl (C=O) groups is 1. The molecule has 0 amide bonds. The molecule has 0 spiro atoms. The molecule has 2 rings (SSSR count). The van der Waals surface area contributed by atoms with Gasteiger partial charge in [0, 0.05) is 16.7 Å². The number of halogens is 1. The van der Waals surface area contributed by atoms with Crippen LogP contribution >= 0.6 is 11.6 Å². The lowest BCUT2D eigenvalue weighted by Crippen LogP contribution is -2.00. The molecule has 0 radical (unpaired) electrons. The molecule has 1 N–H and O–H groups in total. The van der Waals surface area contributed by atoms with Gasteiger partial charge in [0.2, 0.25) is 5.88 Å². The molecule has 1 aromatic carbocycles. The fourth-order valence-electron chi connectivity index (χ4n) is 1.54. The number of aromatic carboxylic acids is 1. The smallest absolute Gasteiger partial charge is 0.335 e. The highest BCUT2D eigenvalue weighted by Gasteiger charge is 2.11. The topological polar surface area (TPSA) is 59.4 Å². The first kappa shape index (κ1) is 12.4. The molecule has 92 valence electrons. The van der Waals surface area contributed by atoms with Crippen LogP contribution in [-0.4, -0.2) is 23.2 Å². The van der Waals surface area contributed by atoms with Gasteiger partial charge in [-0.25, -0.2) is 9.78 Å². The Kier molecular flexibility index (Phi) is 3.48. The maximum absolute atomic E-state index is 11.0. The number of pyridine rings is 1. The number of carboxylic acid groups (broad SMARTS) is 1. The Morgan fingerprint density at radius 3 is 2.67 bits per heavy atom. The minimum atomic E-state index is -1.04. The number of hydrogen-bond donors (Lipinski definition) is 1. The first-order chi connectivity index (χ1) is 8.61. The van der Waals surface area contributed by atoms with Crippen LogP contribution < -0.4 is 4.74 Å². The predicted molar refractivity (Wildman–Crippen MR) is 68.2 cm³/mol. The summed E-state index contributed by atoms with van der Waals surface area (Å²) in [5.41, 5.74) is 1.25. The van der Waals surface area contributed by atoms with E-state index in [1.54, 1.807) is 18.2 Å². The highest BCUT2D eigenvalue weighted by atomic mass is 35.5. The lowest BCUT2D eigenvalue weighted by atomic mass is 10.1. The van der Waals surface area contributed by atoms with Crippen molar-refractivity contribution >= 4 is 17.6 Å². The summed E-state index contributed by atoms with van der Waals surface area (Å²) in [6.07, 6.45) is 0. The van der Waals surface area contributed by atoms with E-state index in [0.29, 0.717) is 16.3 Å². The van der Waals surface area contributed by atoms with E-state index in [1.165, 1.54) is 19.2 Å². The number of aromatic nitrogens is 1. The zero-order valence-electron chi connectivity index (χ0n) is 9.55. The zero-order chi connectivity index (χ0) is 13.1. The molecule has 0 saturated heterocycles. The predicted octanol–water partition coefficient (Wildman–Crippen LogP) is 3.11. The number of ether oxygens (including phenoxy) is 1. The Labute approximate surface area is 109 Å². The van der Waals surface area contributed by atoms with Gasteiger partial charge in [-0.15, -0.1) is 0 Å². The quantitative estimate of drug-likeness (QED) is 0.924. The van der Waals surface area contributed by atoms with Gasteiger partial charge < -0.3 is 9.84 Å². The molecule has 5 heteroatoms. The lowest BCUT2D eigenvalue weighted by Gasteiger charge is -2.07. The Hall–Kier alpha value is -2.07. The molecule has 2 aromatic rings. The van der Waals surface area contributed by atoms with Crippen molar-refractivity contribution in [2.75, 3.05) is 7.11 Å². The molecule has 1 aromatic heterocycles. The van der Waals surface area contributed by atoms with Crippen molar-refractivity contribution in [1.29, 1.82) is 0 Å². The van der Waals surface area contributed by atoms with Gasteiger partial charge in [-0.1, -0.05) is 29.8 Å². The molecule has 0 unspecified atom stereocenters. The molecular formula is C13H10ClNO3. The van der Waals surface area contributed by atoms with Crippen molar-refractivity contribution in [3.8, 4) is 17.1 Å². The maximum atomic E-state index is 11.0. The Morgan fingerprint density at radius 2 is 2.06 bits per heavy atom. The van der Waals surface area contributed by atoms with E-state index in [0.717, 1.165) is 0 Å². The molecule has 18 heavy (non-hydrogen) atoms. The Morgan fingerprint density at radius 1 is 1.33 bits per heavy atom. The van der Waals surface area contributed by atoms with E-state index in [-0.39, 0.29) is 11.4 Å². The summed E-state index contributed by atoms with van der Waals surface area (Å²) in [7, 11) is 1.43. The summed E-state index contributed by atoms with van der Waals surface area (Å²) in [5, 5.41) is 9.54. The van der Waals surface area contributed by atoms with Crippen LogP contribution in [0.3, 0.4) is 0 Å². The van der Waals surface area contributed by atoms with Gasteiger partial charge in [0.1, 0.15) is 0 Å². The monoisotopic (exact) mass is 263 g/mol. The maximum Gasteiger partial charge on any atom is 0.335 e. The van der Waals surface area contributed by atoms with Crippen molar-refractivity contribution in [2.24, 2.45) is 0 Å². The van der Waals surface area contributed by atoms with Gasteiger partial charge >= 0.3 is 5.97 Å². The van der Waals surface area contributed by atoms with Crippen LogP contribution in [0.1, 0.15) is 10.4 Å². The van der Waals surface area contributed by atoms with Crippen molar-refractivity contribution in [1.82, 2.24) is 4.98 Å². The molecule has 0 saturated carbocycles. The first-order valence-corrected chi connectivity index (χ1v) is 5.54. The highest BCUT2D eigenvalue weighted by molar-refractivity contribution is 6.33. The van der Waals surface area contributed by atoms with Crippen molar-refractivity contribution in [3.05, 3.63) is 47.0 Å². The van der Waals surface area contributed by atoms with Gasteiger partial charge in [-0.05, 0) is 12.1 Å². The fraction of sp³-hybridized carbons (Fsp3) is 0.0769. The average molecular weight is 264 g/mol. The summed E-state index contributed by atoms with van der Waals surface area (Å²) in [4.78, 5) is 15.2. The van der Waals surface area contributed by atoms with Gasteiger partial charge in [0.25, 0.3) is 0 Å². The molecule has 0 atom stereocenters. The number of methoxy groups -OCH3 is 1. The Bertz CT molecular complexity index is 599. The summed E-state index contributed by atoms with van der Waals surface area (Å²) in [6.45, 7) is 0. The van der Waals surface area contributed by atoms with Crippen LogP contribution in [0.25, 0.3) is 11.3 Å². The minimum absolute atomic E-state index is 0.108. The number of nitrogens with zero attached hydrogens (tertiary/aromatic N) is 1. The molecule has 0 aliphatic heterocycles. The standard InChI is InChI=1S/C13H10ClNO3/c1-18-12-7-8(13(16)17)6-11(15-12)9-4-2-3-5-10(9)14/h2-7H,1H3,(H,16,17). The third kappa shape index (κ3) is 2.43. The van der Waals surface area contributed by atoms with Crippen LogP contribution in [0.4, 0.5) is 0 Å². The van der Waals surface area contributed by atoms with E-state index >= 15 is 0 Å². The molecule has 4 nitrogen and oxygen atoms in total. The molecular weight excluding hydrogens is 254 g/mol. The van der Waals surface area contributed by atoms with Gasteiger partial charge in [-0.3, -0.25) is 0 Å². The summed E-state index contributed by atoms with van der Waals surface area (Å²) in [6, 6.07) is 9.93. The number of rotatable bonds is 3. The number of benzene rings is 1. The van der Waals surface area contributed by atoms with E-state index in [2.05, 4.69) is 4.98 Å². The number of hydrogen-bond acceptors (Lipinski definition) is 3. The van der Waals surface area contributed by atoms with Crippen molar-refractivity contribution in [2.45, 2.75) is 0 Å². The van der Waals surface area contributed by atoms with E-state index in [9.17, 15) is 4.79 Å². The number of carboxylic acids is 1. The van der Waals surface area contributed by atoms with Gasteiger partial charge in [0.05, 0.1) is 18.4 Å². The average Bonchev–Trinajstić information content (AvgIpc) is 2.38. The first-order valence-electron chi connectivity index (χ1n) is 5.16. The molecule has 1 heterocycles. The summed E-state index contributed by atoms with van der Waals surface area (Å²) < 4.78 is 4.99. The second kappa shape index (κ2) is 5.06. The van der Waals surface area contributed by atoms with Crippen molar-refractivity contribution in [3.63, 3.8) is 0 Å². The van der Waals surface area contributed by atoms with Gasteiger partial charge in [0.15, 0.2) is 0 Å². The van der Waals surface area contributed by atoms with E-state index < -0.39 is 5.97 Å². The fourth-order valence-corrected chi connectivity index (χ4v) is 1.77. The highest BCUT2D eigenvalue weighted by Crippen LogP contribution is 2.28. The largest absolute Gasteiger partial charge is 0.481 e. The van der Waals surface area contributed by atoms with Crippen LogP contribution in [0.2, 0.25) is 5.02 Å². The lowest BCUT2D eigenvalue weighted by molar-refractivity contribution is 0.0696. The second-order valence-corrected chi connectivity index (χ2v) is 3.98. The molecule has 0 aliphatic carbocycles. The van der Waals surface area contributed by atoms with Gasteiger partial charge in [-0.2, -0.15) is 0 Å². The van der Waals surface area contributed by atoms with Crippen LogP contribution in [0.5, 0.6) is 5.88 Å². The summed E-state index contributed by atoms with van der Waals surface area (Å²) >= 11 is 6.06. The third-order valence-corrected chi connectivity index (χ3v) is 2.74. The van der Waals surface area contributed by atoms with E-state index in [4.69, 9.17) is 21.4 Å². The minimum Gasteiger partial charge on any atom is -0.481 e. The third-order valence-electron chi connectivity index (χ3n) is 2.41. The SMILES string of the molecule is COc1cc(C(=O)O)cc(-c2ccccc2Cl)n1. The Balaban J connectivity index is 2.60. The second-order valence-electron chi connectivity index (χ2n) is 3.57.